The van der Waals surface area contributed by atoms with Crippen molar-refractivity contribution < 1.29 is 0 Å². The Morgan fingerprint density at radius 2 is 1.81 bits per heavy atom. The van der Waals surface area contributed by atoms with Crippen LogP contribution in [0.3, 0.4) is 0 Å². The van der Waals surface area contributed by atoms with Crippen LogP contribution in [0.25, 0.3) is 0 Å². The average Bonchev–Trinajstić information content (AvgIpc) is 2.70. The molecule has 0 atom stereocenters. The Morgan fingerprint density at radius 1 is 1.12 bits per heavy atom. The Morgan fingerprint density at radius 3 is 2.46 bits per heavy atom. The van der Waals surface area contributed by atoms with Gasteiger partial charge in [0.2, 0.25) is 5.95 Å². The number of halogens is 1. The van der Waals surface area contributed by atoms with Crippen molar-refractivity contribution in [3.63, 3.8) is 0 Å². The van der Waals surface area contributed by atoms with Crippen LogP contribution in [0.15, 0.2) is 23.5 Å². The highest BCUT2D eigenvalue weighted by molar-refractivity contribution is 14.0. The van der Waals surface area contributed by atoms with Gasteiger partial charge in [0.25, 0.3) is 0 Å². The summed E-state index contributed by atoms with van der Waals surface area (Å²) in [7, 11) is 1.89. The zero-order chi connectivity index (χ0) is 17.3. The minimum Gasteiger partial charge on any atom is -0.356 e. The molecule has 0 unspecified atom stereocenters. The number of aromatic nitrogens is 2. The molecule has 1 aliphatic carbocycles. The number of nitrogens with zero attached hydrogens (tertiary/aromatic N) is 5. The minimum atomic E-state index is 0. The summed E-state index contributed by atoms with van der Waals surface area (Å²) < 4.78 is 0. The van der Waals surface area contributed by atoms with Crippen molar-refractivity contribution in [2.75, 3.05) is 44.7 Å². The van der Waals surface area contributed by atoms with E-state index in [0.717, 1.165) is 50.5 Å². The second kappa shape index (κ2) is 11.6. The molecular formula is C19H33IN6. The molecule has 2 fully saturated rings. The predicted octanol–water partition coefficient (Wildman–Crippen LogP) is 3.15. The zero-order valence-electron chi connectivity index (χ0n) is 15.9. The topological polar surface area (TPSA) is 56.7 Å². The summed E-state index contributed by atoms with van der Waals surface area (Å²) in [5, 5.41) is 3.56. The molecule has 0 radical (unpaired) electrons. The molecular weight excluding hydrogens is 439 g/mol. The lowest BCUT2D eigenvalue weighted by Gasteiger charge is -2.36. The number of guanidine groups is 1. The molecule has 0 spiro atoms. The lowest BCUT2D eigenvalue weighted by molar-refractivity contribution is 0.330. The molecule has 0 bridgehead atoms. The van der Waals surface area contributed by atoms with Crippen molar-refractivity contribution in [2.24, 2.45) is 10.9 Å². The van der Waals surface area contributed by atoms with Gasteiger partial charge in [-0.3, -0.25) is 4.99 Å². The van der Waals surface area contributed by atoms with Gasteiger partial charge in [0, 0.05) is 52.2 Å². The van der Waals surface area contributed by atoms with Gasteiger partial charge >= 0.3 is 0 Å². The summed E-state index contributed by atoms with van der Waals surface area (Å²) in [6.07, 6.45) is 13.4. The van der Waals surface area contributed by atoms with E-state index < -0.39 is 0 Å². The van der Waals surface area contributed by atoms with Crippen molar-refractivity contribution in [3.8, 4) is 0 Å². The molecule has 26 heavy (non-hydrogen) atoms. The zero-order valence-corrected chi connectivity index (χ0v) is 18.3. The van der Waals surface area contributed by atoms with E-state index in [1.807, 2.05) is 25.5 Å². The summed E-state index contributed by atoms with van der Waals surface area (Å²) in [6, 6.07) is 1.86. The van der Waals surface area contributed by atoms with Gasteiger partial charge in [-0.15, -0.1) is 24.0 Å². The van der Waals surface area contributed by atoms with E-state index in [9.17, 15) is 0 Å². The molecule has 1 saturated carbocycles. The molecule has 6 nitrogen and oxygen atoms in total. The second-order valence-corrected chi connectivity index (χ2v) is 7.14. The van der Waals surface area contributed by atoms with Crippen LogP contribution < -0.4 is 10.2 Å². The molecule has 7 heteroatoms. The van der Waals surface area contributed by atoms with Gasteiger partial charge in [-0.05, 0) is 24.8 Å². The Balaban J connectivity index is 0.00000243. The van der Waals surface area contributed by atoms with Gasteiger partial charge in [0.05, 0.1) is 0 Å². The van der Waals surface area contributed by atoms with Crippen LogP contribution in [0.5, 0.6) is 0 Å². The molecule has 1 aliphatic heterocycles. The van der Waals surface area contributed by atoms with Crippen LogP contribution in [0.2, 0.25) is 0 Å². The van der Waals surface area contributed by atoms with Gasteiger partial charge < -0.3 is 15.1 Å². The van der Waals surface area contributed by atoms with Crippen LogP contribution >= 0.6 is 24.0 Å². The van der Waals surface area contributed by atoms with Crippen LogP contribution in [-0.2, 0) is 0 Å². The molecule has 146 valence electrons. The fourth-order valence-corrected chi connectivity index (χ4v) is 3.97. The molecule has 1 N–H and O–H groups in total. The first-order valence-corrected chi connectivity index (χ1v) is 9.84. The van der Waals surface area contributed by atoms with Crippen molar-refractivity contribution >= 4 is 35.9 Å². The maximum atomic E-state index is 4.48. The molecule has 0 aromatic carbocycles. The quantitative estimate of drug-likeness (QED) is 0.309. The minimum absolute atomic E-state index is 0. The highest BCUT2D eigenvalue weighted by Crippen LogP contribution is 2.26. The standard InChI is InChI=1S/C19H32N6.HI/c1-20-18(21-10-5-9-17-7-3-2-4-8-17)24-13-15-25(16-14-24)19-22-11-6-12-23-19;/h6,11-12,17H,2-5,7-10,13-16H2,1H3,(H,20,21);1H. The van der Waals surface area contributed by atoms with Gasteiger partial charge in [0.15, 0.2) is 5.96 Å². The van der Waals surface area contributed by atoms with Crippen LogP contribution in [0.1, 0.15) is 44.9 Å². The first-order valence-electron chi connectivity index (χ1n) is 9.84. The third kappa shape index (κ3) is 6.25. The second-order valence-electron chi connectivity index (χ2n) is 7.14. The van der Waals surface area contributed by atoms with E-state index in [1.165, 1.54) is 44.9 Å². The largest absolute Gasteiger partial charge is 0.356 e. The highest BCUT2D eigenvalue weighted by atomic mass is 127. The molecule has 0 amide bonds. The number of piperazine rings is 1. The number of anilines is 1. The van der Waals surface area contributed by atoms with Gasteiger partial charge in [-0.25, -0.2) is 9.97 Å². The van der Waals surface area contributed by atoms with Gasteiger partial charge in [0.1, 0.15) is 0 Å². The summed E-state index contributed by atoms with van der Waals surface area (Å²) >= 11 is 0. The maximum Gasteiger partial charge on any atom is 0.225 e. The van der Waals surface area contributed by atoms with E-state index in [0.29, 0.717) is 0 Å². The Labute approximate surface area is 174 Å². The Bertz CT molecular complexity index is 524. The van der Waals surface area contributed by atoms with E-state index in [4.69, 9.17) is 0 Å². The van der Waals surface area contributed by atoms with Crippen molar-refractivity contribution in [3.05, 3.63) is 18.5 Å². The predicted molar refractivity (Wildman–Crippen MR) is 118 cm³/mol. The van der Waals surface area contributed by atoms with E-state index >= 15 is 0 Å². The Hall–Kier alpha value is -1.12. The number of nitrogens with one attached hydrogen (secondary N) is 1. The lowest BCUT2D eigenvalue weighted by atomic mass is 9.86. The third-order valence-corrected chi connectivity index (χ3v) is 5.42. The first-order chi connectivity index (χ1) is 12.4. The molecule has 1 aromatic heterocycles. The van der Waals surface area contributed by atoms with Crippen LogP contribution in [0.4, 0.5) is 5.95 Å². The number of rotatable bonds is 5. The number of hydrogen-bond acceptors (Lipinski definition) is 4. The summed E-state index contributed by atoms with van der Waals surface area (Å²) in [5.41, 5.74) is 0. The van der Waals surface area contributed by atoms with Gasteiger partial charge in [-0.2, -0.15) is 0 Å². The lowest BCUT2D eigenvalue weighted by Crippen LogP contribution is -2.53. The number of hydrogen-bond donors (Lipinski definition) is 1. The van der Waals surface area contributed by atoms with Crippen molar-refractivity contribution in [2.45, 2.75) is 44.9 Å². The first kappa shape index (κ1) is 21.2. The van der Waals surface area contributed by atoms with Gasteiger partial charge in [-0.1, -0.05) is 32.1 Å². The number of aliphatic imine (C=N–C) groups is 1. The van der Waals surface area contributed by atoms with Crippen molar-refractivity contribution in [1.29, 1.82) is 0 Å². The van der Waals surface area contributed by atoms with Crippen LogP contribution in [0, 0.1) is 5.92 Å². The SMILES string of the molecule is CN=C(NCCCC1CCCCC1)N1CCN(c2ncccn2)CC1.I. The highest BCUT2D eigenvalue weighted by Gasteiger charge is 2.21. The summed E-state index contributed by atoms with van der Waals surface area (Å²) in [5.74, 6) is 2.84. The molecule has 2 heterocycles. The normalized spacial score (nSPS) is 19.2. The molecule has 2 aliphatic rings. The average molecular weight is 472 g/mol. The van der Waals surface area contributed by atoms with E-state index in [-0.39, 0.29) is 24.0 Å². The van der Waals surface area contributed by atoms with E-state index in [2.05, 4.69) is 30.1 Å². The third-order valence-electron chi connectivity index (χ3n) is 5.42. The monoisotopic (exact) mass is 472 g/mol. The fourth-order valence-electron chi connectivity index (χ4n) is 3.97. The maximum absolute atomic E-state index is 4.48. The van der Waals surface area contributed by atoms with Crippen LogP contribution in [-0.4, -0.2) is 60.6 Å². The van der Waals surface area contributed by atoms with E-state index in [1.54, 1.807) is 0 Å². The molecule has 1 aromatic rings. The molecule has 1 saturated heterocycles. The summed E-state index contributed by atoms with van der Waals surface area (Å²) in [4.78, 5) is 17.8. The summed E-state index contributed by atoms with van der Waals surface area (Å²) in [6.45, 7) is 4.83. The fraction of sp³-hybridized carbons (Fsp3) is 0.737. The smallest absolute Gasteiger partial charge is 0.225 e. The molecule has 3 rings (SSSR count). The van der Waals surface area contributed by atoms with Crippen molar-refractivity contribution in [1.82, 2.24) is 20.2 Å². The Kier molecular flexibility index (Phi) is 9.42.